The summed E-state index contributed by atoms with van der Waals surface area (Å²) in [6.07, 6.45) is 3.89. The molecule has 0 saturated carbocycles. The maximum Gasteiger partial charge on any atom is 0.310 e. The van der Waals surface area contributed by atoms with Gasteiger partial charge in [0.2, 0.25) is 5.91 Å². The number of hydrogen-bond acceptors (Lipinski definition) is 5. The van der Waals surface area contributed by atoms with Gasteiger partial charge in [-0.25, -0.2) is 0 Å². The molecule has 9 heteroatoms. The van der Waals surface area contributed by atoms with Crippen molar-refractivity contribution in [3.8, 4) is 0 Å². The number of benzene rings is 1. The summed E-state index contributed by atoms with van der Waals surface area (Å²) in [6, 6.07) is 5.96. The molecule has 4 rings (SSSR count). The third-order valence-corrected chi connectivity index (χ3v) is 8.03. The van der Waals surface area contributed by atoms with Crippen LogP contribution in [0, 0.1) is 11.8 Å². The maximum atomic E-state index is 14.2. The highest BCUT2D eigenvalue weighted by Crippen LogP contribution is 2.64. The van der Waals surface area contributed by atoms with Crippen LogP contribution in [0.15, 0.2) is 36.9 Å². The van der Waals surface area contributed by atoms with Gasteiger partial charge in [-0.05, 0) is 44.2 Å². The highest BCUT2D eigenvalue weighted by molar-refractivity contribution is 6.34. The molecule has 1 spiro atoms. The number of unbranched alkanes of at least 4 members (excludes halogenated alkanes) is 1. The molecule has 3 aliphatic heterocycles. The number of carboxylic acids is 1. The van der Waals surface area contributed by atoms with Crippen LogP contribution in [0.25, 0.3) is 0 Å². The lowest BCUT2D eigenvalue weighted by Gasteiger charge is -2.37. The number of carbonyl (C=O) groups excluding carboxylic acids is 2. The number of halogens is 1. The summed E-state index contributed by atoms with van der Waals surface area (Å²) in [4.78, 5) is 43.3. The molecule has 34 heavy (non-hydrogen) atoms. The van der Waals surface area contributed by atoms with E-state index in [2.05, 4.69) is 6.58 Å². The molecule has 0 aliphatic carbocycles. The number of fused-ring (bicyclic) bond motifs is 1. The number of anilines is 1. The fourth-order valence-corrected chi connectivity index (χ4v) is 6.50. The number of nitrogens with zero attached hydrogens (tertiary/aromatic N) is 2. The molecule has 3 fully saturated rings. The van der Waals surface area contributed by atoms with Gasteiger partial charge in [0.25, 0.3) is 5.91 Å². The number of para-hydroxylation sites is 1. The molecular formula is C25H31ClN2O6. The van der Waals surface area contributed by atoms with E-state index >= 15 is 0 Å². The zero-order valence-corrected chi connectivity index (χ0v) is 20.0. The number of carbonyl (C=O) groups is 3. The summed E-state index contributed by atoms with van der Waals surface area (Å²) in [5.74, 6) is -3.75. The summed E-state index contributed by atoms with van der Waals surface area (Å²) >= 11 is 6.42. The number of aliphatic hydroxyl groups excluding tert-OH is 1. The van der Waals surface area contributed by atoms with Gasteiger partial charge < -0.3 is 24.7 Å². The number of aliphatic carboxylic acids is 1. The molecule has 0 radical (unpaired) electrons. The Morgan fingerprint density at radius 2 is 2.06 bits per heavy atom. The summed E-state index contributed by atoms with van der Waals surface area (Å²) < 4.78 is 6.53. The quantitative estimate of drug-likeness (QED) is 0.386. The van der Waals surface area contributed by atoms with E-state index in [1.54, 1.807) is 30.3 Å². The van der Waals surface area contributed by atoms with Crippen molar-refractivity contribution >= 4 is 35.1 Å². The predicted molar refractivity (Wildman–Crippen MR) is 127 cm³/mol. The van der Waals surface area contributed by atoms with E-state index in [1.165, 1.54) is 9.80 Å². The second-order valence-electron chi connectivity index (χ2n) is 9.32. The van der Waals surface area contributed by atoms with E-state index in [-0.39, 0.29) is 31.5 Å². The van der Waals surface area contributed by atoms with E-state index in [4.69, 9.17) is 16.3 Å². The monoisotopic (exact) mass is 490 g/mol. The molecule has 184 valence electrons. The topological polar surface area (TPSA) is 107 Å². The largest absolute Gasteiger partial charge is 0.481 e. The molecule has 8 nitrogen and oxygen atoms in total. The van der Waals surface area contributed by atoms with Crippen LogP contribution >= 0.6 is 11.6 Å². The molecule has 1 aromatic rings. The molecule has 2 bridgehead atoms. The lowest BCUT2D eigenvalue weighted by molar-refractivity contribution is -0.155. The first-order chi connectivity index (χ1) is 16.3. The second kappa shape index (κ2) is 9.32. The van der Waals surface area contributed by atoms with Crippen molar-refractivity contribution in [1.29, 1.82) is 0 Å². The van der Waals surface area contributed by atoms with Gasteiger partial charge in [0.05, 0.1) is 22.2 Å². The van der Waals surface area contributed by atoms with Gasteiger partial charge in [0.1, 0.15) is 17.6 Å². The Labute approximate surface area is 204 Å². The molecule has 3 aliphatic rings. The third kappa shape index (κ3) is 3.54. The Morgan fingerprint density at radius 1 is 1.32 bits per heavy atom. The SMILES string of the molecule is C=CCN(C(=O)C1N(CCCCO)C(=O)[C@@H]2[C@H](C(=O)O)[C@]3(CC)CCC12O3)c1ccccc1Cl. The minimum atomic E-state index is -1.22. The first-order valence-electron chi connectivity index (χ1n) is 11.8. The fourth-order valence-electron chi connectivity index (χ4n) is 6.26. The first-order valence-corrected chi connectivity index (χ1v) is 12.2. The van der Waals surface area contributed by atoms with E-state index in [0.29, 0.717) is 42.8 Å². The fraction of sp³-hybridized carbons (Fsp3) is 0.560. The van der Waals surface area contributed by atoms with E-state index in [0.717, 1.165) is 0 Å². The molecule has 2 unspecified atom stereocenters. The smallest absolute Gasteiger partial charge is 0.310 e. The average Bonchev–Trinajstić information content (AvgIpc) is 3.42. The van der Waals surface area contributed by atoms with Crippen LogP contribution in [-0.4, -0.2) is 69.8 Å². The Balaban J connectivity index is 1.81. The normalized spacial score (nSPS) is 31.6. The van der Waals surface area contributed by atoms with E-state index < -0.39 is 35.0 Å². The highest BCUT2D eigenvalue weighted by Gasteiger charge is 2.79. The Bertz CT molecular complexity index is 1000. The molecule has 3 saturated heterocycles. The number of aliphatic hydroxyl groups is 1. The van der Waals surface area contributed by atoms with Crippen molar-refractivity contribution in [3.05, 3.63) is 41.9 Å². The minimum Gasteiger partial charge on any atom is -0.481 e. The van der Waals surface area contributed by atoms with Crippen molar-refractivity contribution < 1.29 is 29.3 Å². The molecule has 2 amide bonds. The van der Waals surface area contributed by atoms with Crippen molar-refractivity contribution in [2.45, 2.75) is 56.3 Å². The molecule has 3 heterocycles. The van der Waals surface area contributed by atoms with E-state index in [1.807, 2.05) is 6.92 Å². The van der Waals surface area contributed by atoms with Gasteiger partial charge in [0.15, 0.2) is 0 Å². The minimum absolute atomic E-state index is 0.0371. The molecule has 1 aromatic carbocycles. The Morgan fingerprint density at radius 3 is 2.68 bits per heavy atom. The maximum absolute atomic E-state index is 14.2. The van der Waals surface area contributed by atoms with Gasteiger partial charge in [0, 0.05) is 19.7 Å². The van der Waals surface area contributed by atoms with Gasteiger partial charge >= 0.3 is 5.97 Å². The van der Waals surface area contributed by atoms with Gasteiger partial charge in [-0.15, -0.1) is 6.58 Å². The molecule has 0 aromatic heterocycles. The molecule has 2 N–H and O–H groups in total. The van der Waals surface area contributed by atoms with Crippen molar-refractivity contribution in [1.82, 2.24) is 4.90 Å². The second-order valence-corrected chi connectivity index (χ2v) is 9.73. The van der Waals surface area contributed by atoms with Crippen LogP contribution in [0.2, 0.25) is 5.02 Å². The van der Waals surface area contributed by atoms with Crippen LogP contribution in [0.3, 0.4) is 0 Å². The summed E-state index contributed by atoms with van der Waals surface area (Å²) in [5, 5.41) is 19.8. The molecule has 5 atom stereocenters. The van der Waals surface area contributed by atoms with E-state index in [9.17, 15) is 24.6 Å². The Hall–Kier alpha value is -2.42. The number of ether oxygens (including phenoxy) is 1. The van der Waals surface area contributed by atoms with Crippen LogP contribution in [-0.2, 0) is 19.1 Å². The lowest BCUT2D eigenvalue weighted by atomic mass is 9.65. The third-order valence-electron chi connectivity index (χ3n) is 7.71. The van der Waals surface area contributed by atoms with Crippen molar-refractivity contribution in [2.24, 2.45) is 11.8 Å². The number of carboxylic acid groups (broad SMARTS) is 1. The number of rotatable bonds is 10. The number of amides is 2. The van der Waals surface area contributed by atoms with Crippen LogP contribution in [0.4, 0.5) is 5.69 Å². The van der Waals surface area contributed by atoms with Gasteiger partial charge in [-0.3, -0.25) is 14.4 Å². The zero-order chi connectivity index (χ0) is 24.7. The average molecular weight is 491 g/mol. The van der Waals surface area contributed by atoms with Crippen LogP contribution < -0.4 is 4.90 Å². The predicted octanol–water partition coefficient (Wildman–Crippen LogP) is 2.87. The van der Waals surface area contributed by atoms with Gasteiger partial charge in [-0.2, -0.15) is 0 Å². The summed E-state index contributed by atoms with van der Waals surface area (Å²) in [7, 11) is 0. The lowest BCUT2D eigenvalue weighted by Crippen LogP contribution is -2.56. The van der Waals surface area contributed by atoms with Crippen molar-refractivity contribution in [2.75, 3.05) is 24.6 Å². The number of hydrogen-bond donors (Lipinski definition) is 2. The number of likely N-dealkylation sites (tertiary alicyclic amines) is 1. The van der Waals surface area contributed by atoms with Crippen LogP contribution in [0.1, 0.15) is 39.0 Å². The first kappa shape index (κ1) is 24.7. The highest BCUT2D eigenvalue weighted by atomic mass is 35.5. The van der Waals surface area contributed by atoms with Crippen molar-refractivity contribution in [3.63, 3.8) is 0 Å². The summed E-state index contributed by atoms with van der Waals surface area (Å²) in [5.41, 5.74) is -1.69. The standard InChI is InChI=1S/C25H31ClN2O6/c1-3-13-27(17-10-6-5-9-16(17)26)22(31)20-25-12-11-24(4-2,34-25)19(23(32)33)18(25)21(30)28(20)14-7-8-15-29/h3,5-6,9-10,18-20,29H,1,4,7-8,11-15H2,2H3,(H,32,33)/t18-,19+,20?,24-,25?/m0/s1. The van der Waals surface area contributed by atoms with Gasteiger partial charge in [-0.1, -0.05) is 36.7 Å². The molecular weight excluding hydrogens is 460 g/mol. The zero-order valence-electron chi connectivity index (χ0n) is 19.3. The van der Waals surface area contributed by atoms with Crippen LogP contribution in [0.5, 0.6) is 0 Å². The summed E-state index contributed by atoms with van der Waals surface area (Å²) in [6.45, 7) is 6.00. The Kier molecular flexibility index (Phi) is 6.77.